The van der Waals surface area contributed by atoms with Gasteiger partial charge >= 0.3 is 0 Å². The zero-order valence-corrected chi connectivity index (χ0v) is 12.7. The molecule has 2 aromatic carbocycles. The van der Waals surface area contributed by atoms with Crippen molar-refractivity contribution in [2.45, 2.75) is 0 Å². The third-order valence-electron chi connectivity index (χ3n) is 2.86. The maximum absolute atomic E-state index is 14.1. The summed E-state index contributed by atoms with van der Waals surface area (Å²) in [6.45, 7) is 0. The zero-order chi connectivity index (χ0) is 15.0. The molecule has 3 nitrogen and oxygen atoms in total. The smallest absolute Gasteiger partial charge is 0.230 e. The average Bonchev–Trinajstić information content (AvgIpc) is 2.81. The third kappa shape index (κ3) is 2.56. The summed E-state index contributed by atoms with van der Waals surface area (Å²) in [5.41, 5.74) is 0.776. The lowest BCUT2D eigenvalue weighted by Gasteiger charge is -2.11. The Labute approximate surface area is 132 Å². The maximum Gasteiger partial charge on any atom is 0.230 e. The van der Waals surface area contributed by atoms with Gasteiger partial charge in [0.1, 0.15) is 11.5 Å². The fourth-order valence-corrected chi connectivity index (χ4v) is 2.77. The molecule has 0 amide bonds. The summed E-state index contributed by atoms with van der Waals surface area (Å²) in [7, 11) is 0. The molecular formula is C14H7BrClF2N3. The molecule has 0 radical (unpaired) electrons. The molecular weight excluding hydrogens is 364 g/mol. The van der Waals surface area contributed by atoms with Gasteiger partial charge in [0.25, 0.3) is 0 Å². The zero-order valence-electron chi connectivity index (χ0n) is 10.4. The van der Waals surface area contributed by atoms with Crippen molar-refractivity contribution in [2.75, 3.05) is 0 Å². The molecule has 106 valence electrons. The Morgan fingerprint density at radius 3 is 2.43 bits per heavy atom. The fraction of sp³-hybridized carbons (Fsp3) is 0. The summed E-state index contributed by atoms with van der Waals surface area (Å²) < 4.78 is 28.9. The highest BCUT2D eigenvalue weighted by atomic mass is 79.9. The number of benzene rings is 2. The molecule has 0 N–H and O–H groups in total. The van der Waals surface area contributed by atoms with Gasteiger partial charge in [0, 0.05) is 16.1 Å². The molecule has 0 unspecified atom stereocenters. The third-order valence-corrected chi connectivity index (χ3v) is 3.71. The highest BCUT2D eigenvalue weighted by Crippen LogP contribution is 2.32. The van der Waals surface area contributed by atoms with E-state index < -0.39 is 11.6 Å². The van der Waals surface area contributed by atoms with Crippen molar-refractivity contribution in [1.29, 1.82) is 0 Å². The second kappa shape index (κ2) is 5.54. The molecule has 0 aliphatic heterocycles. The van der Waals surface area contributed by atoms with E-state index in [1.54, 1.807) is 12.1 Å². The van der Waals surface area contributed by atoms with Gasteiger partial charge in [0.2, 0.25) is 5.28 Å². The van der Waals surface area contributed by atoms with E-state index in [2.05, 4.69) is 26.1 Å². The van der Waals surface area contributed by atoms with Crippen LogP contribution in [-0.2, 0) is 0 Å². The number of nitrogens with zero attached hydrogens (tertiary/aromatic N) is 3. The Kier molecular flexibility index (Phi) is 3.73. The molecule has 0 saturated carbocycles. The van der Waals surface area contributed by atoms with Crippen molar-refractivity contribution >= 4 is 27.5 Å². The first-order valence-corrected chi connectivity index (χ1v) is 7.06. The van der Waals surface area contributed by atoms with E-state index in [9.17, 15) is 8.78 Å². The molecule has 1 heterocycles. The van der Waals surface area contributed by atoms with Crippen LogP contribution in [0, 0.1) is 11.6 Å². The fourth-order valence-electron chi connectivity index (χ4n) is 1.99. The van der Waals surface area contributed by atoms with Crippen LogP contribution in [-0.4, -0.2) is 14.8 Å². The van der Waals surface area contributed by atoms with Gasteiger partial charge < -0.3 is 0 Å². The Balaban J connectivity index is 2.28. The van der Waals surface area contributed by atoms with Crippen LogP contribution in [0.3, 0.4) is 0 Å². The van der Waals surface area contributed by atoms with Crippen LogP contribution in [0.1, 0.15) is 0 Å². The molecule has 21 heavy (non-hydrogen) atoms. The SMILES string of the molecule is Fc1cc(F)c(-n2c(Cl)nnc2-c2ccccc2)c(Br)c1. The first-order chi connectivity index (χ1) is 10.1. The second-order valence-electron chi connectivity index (χ2n) is 4.21. The minimum atomic E-state index is -0.763. The van der Waals surface area contributed by atoms with Gasteiger partial charge in [0.15, 0.2) is 11.6 Å². The monoisotopic (exact) mass is 369 g/mol. The van der Waals surface area contributed by atoms with E-state index in [1.165, 1.54) is 4.57 Å². The molecule has 0 aliphatic carbocycles. The Morgan fingerprint density at radius 2 is 1.76 bits per heavy atom. The maximum atomic E-state index is 14.1. The summed E-state index contributed by atoms with van der Waals surface area (Å²) in [4.78, 5) is 0. The van der Waals surface area contributed by atoms with Gasteiger partial charge in [-0.05, 0) is 33.6 Å². The van der Waals surface area contributed by atoms with Crippen molar-refractivity contribution in [2.24, 2.45) is 0 Å². The van der Waals surface area contributed by atoms with Crippen molar-refractivity contribution in [3.63, 3.8) is 0 Å². The Bertz CT molecular complexity index is 782. The van der Waals surface area contributed by atoms with Crippen LogP contribution in [0.25, 0.3) is 17.1 Å². The van der Waals surface area contributed by atoms with E-state index >= 15 is 0 Å². The summed E-state index contributed by atoms with van der Waals surface area (Å²) in [6, 6.07) is 11.0. The minimum absolute atomic E-state index is 0.0138. The lowest BCUT2D eigenvalue weighted by Crippen LogP contribution is -2.03. The number of halogens is 4. The number of aromatic nitrogens is 3. The Hall–Kier alpha value is -1.79. The van der Waals surface area contributed by atoms with Crippen LogP contribution >= 0.6 is 27.5 Å². The quantitative estimate of drug-likeness (QED) is 0.658. The number of hydrogen-bond donors (Lipinski definition) is 0. The molecule has 3 rings (SSSR count). The molecule has 3 aromatic rings. The van der Waals surface area contributed by atoms with Crippen molar-refractivity contribution in [3.05, 3.63) is 63.9 Å². The summed E-state index contributed by atoms with van der Waals surface area (Å²) in [6.07, 6.45) is 0. The highest BCUT2D eigenvalue weighted by Gasteiger charge is 2.20. The average molecular weight is 371 g/mol. The minimum Gasteiger partial charge on any atom is -0.262 e. The van der Waals surface area contributed by atoms with Gasteiger partial charge in [-0.3, -0.25) is 4.57 Å². The Morgan fingerprint density at radius 1 is 1.05 bits per heavy atom. The van der Waals surface area contributed by atoms with E-state index in [1.807, 2.05) is 18.2 Å². The molecule has 0 aliphatic rings. The topological polar surface area (TPSA) is 30.7 Å². The van der Waals surface area contributed by atoms with Crippen molar-refractivity contribution in [1.82, 2.24) is 14.8 Å². The normalized spacial score (nSPS) is 10.9. The molecule has 0 saturated heterocycles. The standard InChI is InChI=1S/C14H7BrClF2N3/c15-10-6-9(17)7-11(18)12(10)21-13(19-20-14(21)16)8-4-2-1-3-5-8/h1-7H. The van der Waals surface area contributed by atoms with Crippen molar-refractivity contribution < 1.29 is 8.78 Å². The predicted octanol–water partition coefficient (Wildman–Crippen LogP) is 4.63. The number of rotatable bonds is 2. The summed E-state index contributed by atoms with van der Waals surface area (Å²) in [5.74, 6) is -1.08. The first-order valence-electron chi connectivity index (χ1n) is 5.89. The lowest BCUT2D eigenvalue weighted by atomic mass is 10.2. The van der Waals surface area contributed by atoms with Crippen LogP contribution in [0.2, 0.25) is 5.28 Å². The first kappa shape index (κ1) is 14.2. The van der Waals surface area contributed by atoms with E-state index in [4.69, 9.17) is 11.6 Å². The van der Waals surface area contributed by atoms with Gasteiger partial charge in [-0.2, -0.15) is 0 Å². The van der Waals surface area contributed by atoms with Crippen molar-refractivity contribution in [3.8, 4) is 17.1 Å². The highest BCUT2D eigenvalue weighted by molar-refractivity contribution is 9.10. The largest absolute Gasteiger partial charge is 0.262 e. The van der Waals surface area contributed by atoms with Crippen LogP contribution in [0.15, 0.2) is 46.9 Å². The van der Waals surface area contributed by atoms with Crippen LogP contribution in [0.5, 0.6) is 0 Å². The molecule has 1 aromatic heterocycles. The summed E-state index contributed by atoms with van der Waals surface area (Å²) in [5, 5.41) is 7.72. The van der Waals surface area contributed by atoms with E-state index in [-0.39, 0.29) is 15.4 Å². The lowest BCUT2D eigenvalue weighted by molar-refractivity contribution is 0.576. The molecule has 0 bridgehead atoms. The molecule has 0 fully saturated rings. The van der Waals surface area contributed by atoms with Gasteiger partial charge in [-0.1, -0.05) is 30.3 Å². The van der Waals surface area contributed by atoms with E-state index in [0.717, 1.165) is 12.1 Å². The van der Waals surface area contributed by atoms with Gasteiger partial charge in [0.05, 0.1) is 0 Å². The van der Waals surface area contributed by atoms with E-state index in [0.29, 0.717) is 11.4 Å². The molecule has 7 heteroatoms. The summed E-state index contributed by atoms with van der Waals surface area (Å²) >= 11 is 9.17. The molecule has 0 spiro atoms. The predicted molar refractivity (Wildman–Crippen MR) is 79.4 cm³/mol. The second-order valence-corrected chi connectivity index (χ2v) is 5.40. The van der Waals surface area contributed by atoms with Gasteiger partial charge in [-0.25, -0.2) is 8.78 Å². The molecule has 0 atom stereocenters. The van der Waals surface area contributed by atoms with Gasteiger partial charge in [-0.15, -0.1) is 10.2 Å². The van der Waals surface area contributed by atoms with Crippen LogP contribution in [0.4, 0.5) is 8.78 Å². The number of hydrogen-bond acceptors (Lipinski definition) is 2. The van der Waals surface area contributed by atoms with Crippen LogP contribution < -0.4 is 0 Å².